The van der Waals surface area contributed by atoms with Gasteiger partial charge in [-0.15, -0.1) is 0 Å². The molecule has 0 aliphatic carbocycles. The van der Waals surface area contributed by atoms with Crippen LogP contribution in [0.25, 0.3) is 0 Å². The molecule has 1 saturated heterocycles. The van der Waals surface area contributed by atoms with E-state index in [0.29, 0.717) is 0 Å². The molecular weight excluding hydrogens is 292 g/mol. The van der Waals surface area contributed by atoms with E-state index in [2.05, 4.69) is 26.6 Å². The van der Waals surface area contributed by atoms with Crippen LogP contribution in [0.1, 0.15) is 32.3 Å². The van der Waals surface area contributed by atoms with Crippen LogP contribution in [-0.4, -0.2) is 18.5 Å². The molecule has 3 nitrogen and oxygen atoms in total. The van der Waals surface area contributed by atoms with E-state index >= 15 is 0 Å². The number of amides is 1. The smallest absolute Gasteiger partial charge is 0.237 e. The molecule has 1 aliphatic rings. The van der Waals surface area contributed by atoms with E-state index in [1.807, 2.05) is 38.1 Å². The summed E-state index contributed by atoms with van der Waals surface area (Å²) in [6, 6.07) is 8.03. The van der Waals surface area contributed by atoms with E-state index in [-0.39, 0.29) is 17.5 Å². The summed E-state index contributed by atoms with van der Waals surface area (Å²) in [7, 11) is 0. The number of carbonyl (C=O) groups excluding carboxylic acids is 1. The molecule has 0 spiro atoms. The van der Waals surface area contributed by atoms with Crippen molar-refractivity contribution in [2.45, 2.75) is 38.3 Å². The van der Waals surface area contributed by atoms with Crippen molar-refractivity contribution in [3.05, 3.63) is 34.3 Å². The standard InChI is InChI=1S/C14H19BrN2O/c1-14(2,10-5-7-11(15)8-6-10)17-13(18)12-4-3-9-16-12/h5-8,12,16H,3-4,9H2,1-2H3,(H,17,18)/t12-/m0/s1. The molecule has 98 valence electrons. The molecule has 1 heterocycles. The molecule has 0 aromatic heterocycles. The Labute approximate surface area is 116 Å². The lowest BCUT2D eigenvalue weighted by Crippen LogP contribution is -2.48. The number of carbonyl (C=O) groups is 1. The van der Waals surface area contributed by atoms with Crippen LogP contribution in [0.2, 0.25) is 0 Å². The summed E-state index contributed by atoms with van der Waals surface area (Å²) in [5.41, 5.74) is 0.763. The molecule has 4 heteroatoms. The topological polar surface area (TPSA) is 41.1 Å². The Hall–Kier alpha value is -0.870. The van der Waals surface area contributed by atoms with Crippen molar-refractivity contribution in [3.8, 4) is 0 Å². The van der Waals surface area contributed by atoms with Crippen LogP contribution in [0.3, 0.4) is 0 Å². The first-order chi connectivity index (χ1) is 8.49. The van der Waals surface area contributed by atoms with Gasteiger partial charge in [-0.1, -0.05) is 28.1 Å². The second kappa shape index (κ2) is 5.41. The zero-order valence-electron chi connectivity index (χ0n) is 10.8. The van der Waals surface area contributed by atoms with Crippen molar-refractivity contribution in [1.82, 2.24) is 10.6 Å². The highest BCUT2D eigenvalue weighted by Gasteiger charge is 2.28. The Morgan fingerprint density at radius 1 is 1.39 bits per heavy atom. The summed E-state index contributed by atoms with van der Waals surface area (Å²) >= 11 is 3.42. The van der Waals surface area contributed by atoms with Gasteiger partial charge >= 0.3 is 0 Å². The SMILES string of the molecule is CC(C)(NC(=O)[C@@H]1CCCN1)c1ccc(Br)cc1. The average Bonchev–Trinajstić information content (AvgIpc) is 2.82. The summed E-state index contributed by atoms with van der Waals surface area (Å²) in [5, 5.41) is 6.34. The van der Waals surface area contributed by atoms with Crippen LogP contribution in [0, 0.1) is 0 Å². The lowest BCUT2D eigenvalue weighted by molar-refractivity contribution is -0.124. The Bertz CT molecular complexity index is 422. The molecule has 2 N–H and O–H groups in total. The lowest BCUT2D eigenvalue weighted by atomic mass is 9.94. The van der Waals surface area contributed by atoms with Crippen LogP contribution in [-0.2, 0) is 10.3 Å². The highest BCUT2D eigenvalue weighted by Crippen LogP contribution is 2.22. The van der Waals surface area contributed by atoms with E-state index in [4.69, 9.17) is 0 Å². The second-order valence-corrected chi connectivity index (χ2v) is 6.19. The van der Waals surface area contributed by atoms with Gasteiger partial charge in [0.25, 0.3) is 0 Å². The van der Waals surface area contributed by atoms with Crippen molar-refractivity contribution in [2.24, 2.45) is 0 Å². The fraction of sp³-hybridized carbons (Fsp3) is 0.500. The van der Waals surface area contributed by atoms with Gasteiger partial charge in [-0.3, -0.25) is 4.79 Å². The molecule has 0 bridgehead atoms. The normalized spacial score (nSPS) is 19.8. The molecular formula is C14H19BrN2O. The minimum Gasteiger partial charge on any atom is -0.346 e. The molecule has 1 aromatic carbocycles. The predicted molar refractivity (Wildman–Crippen MR) is 76.3 cm³/mol. The summed E-state index contributed by atoms with van der Waals surface area (Å²) in [5.74, 6) is 0.0976. The molecule has 2 rings (SSSR count). The van der Waals surface area contributed by atoms with Gasteiger partial charge in [-0.25, -0.2) is 0 Å². The van der Waals surface area contributed by atoms with Gasteiger partial charge in [0, 0.05) is 4.47 Å². The summed E-state index contributed by atoms with van der Waals surface area (Å²) in [6.07, 6.45) is 2.01. The van der Waals surface area contributed by atoms with Crippen LogP contribution in [0.5, 0.6) is 0 Å². The van der Waals surface area contributed by atoms with Crippen LogP contribution in [0.15, 0.2) is 28.7 Å². The third-order valence-electron chi connectivity index (χ3n) is 3.38. The van der Waals surface area contributed by atoms with Crippen molar-refractivity contribution in [1.29, 1.82) is 0 Å². The molecule has 0 unspecified atom stereocenters. The number of rotatable bonds is 3. The Morgan fingerprint density at radius 2 is 2.06 bits per heavy atom. The van der Waals surface area contributed by atoms with E-state index in [0.717, 1.165) is 29.4 Å². The predicted octanol–water partition coefficient (Wildman–Crippen LogP) is 2.55. The van der Waals surface area contributed by atoms with Crippen molar-refractivity contribution in [3.63, 3.8) is 0 Å². The van der Waals surface area contributed by atoms with Gasteiger partial charge in [0.2, 0.25) is 5.91 Å². The monoisotopic (exact) mass is 310 g/mol. The van der Waals surface area contributed by atoms with Crippen molar-refractivity contribution in [2.75, 3.05) is 6.54 Å². The summed E-state index contributed by atoms with van der Waals surface area (Å²) in [4.78, 5) is 12.1. The van der Waals surface area contributed by atoms with Crippen LogP contribution < -0.4 is 10.6 Å². The van der Waals surface area contributed by atoms with Crippen LogP contribution in [0.4, 0.5) is 0 Å². The molecule has 18 heavy (non-hydrogen) atoms. The fourth-order valence-corrected chi connectivity index (χ4v) is 2.51. The van der Waals surface area contributed by atoms with E-state index in [1.165, 1.54) is 0 Å². The minimum atomic E-state index is -0.345. The van der Waals surface area contributed by atoms with Gasteiger partial charge in [-0.2, -0.15) is 0 Å². The van der Waals surface area contributed by atoms with Gasteiger partial charge in [0.15, 0.2) is 0 Å². The van der Waals surface area contributed by atoms with Crippen LogP contribution >= 0.6 is 15.9 Å². The Morgan fingerprint density at radius 3 is 2.61 bits per heavy atom. The Kier molecular flexibility index (Phi) is 4.07. The molecule has 1 aromatic rings. The lowest BCUT2D eigenvalue weighted by Gasteiger charge is -2.28. The van der Waals surface area contributed by atoms with E-state index in [1.54, 1.807) is 0 Å². The highest BCUT2D eigenvalue weighted by atomic mass is 79.9. The maximum absolute atomic E-state index is 12.1. The average molecular weight is 311 g/mol. The van der Waals surface area contributed by atoms with Gasteiger partial charge in [0.1, 0.15) is 0 Å². The second-order valence-electron chi connectivity index (χ2n) is 5.27. The molecule has 1 fully saturated rings. The molecule has 1 aliphatic heterocycles. The number of hydrogen-bond acceptors (Lipinski definition) is 2. The zero-order valence-corrected chi connectivity index (χ0v) is 12.4. The van der Waals surface area contributed by atoms with Gasteiger partial charge < -0.3 is 10.6 Å². The number of hydrogen-bond donors (Lipinski definition) is 2. The Balaban J connectivity index is 2.06. The first-order valence-corrected chi connectivity index (χ1v) is 7.10. The molecule has 0 saturated carbocycles. The summed E-state index contributed by atoms with van der Waals surface area (Å²) in [6.45, 7) is 5.00. The molecule has 0 radical (unpaired) electrons. The zero-order chi connectivity index (χ0) is 13.2. The number of benzene rings is 1. The number of nitrogens with one attached hydrogen (secondary N) is 2. The largest absolute Gasteiger partial charge is 0.346 e. The first kappa shape index (κ1) is 13.6. The van der Waals surface area contributed by atoms with E-state index in [9.17, 15) is 4.79 Å². The maximum atomic E-state index is 12.1. The van der Waals surface area contributed by atoms with Gasteiger partial charge in [-0.05, 0) is 50.9 Å². The molecule has 1 amide bonds. The third-order valence-corrected chi connectivity index (χ3v) is 3.91. The minimum absolute atomic E-state index is 0.0280. The summed E-state index contributed by atoms with van der Waals surface area (Å²) < 4.78 is 1.05. The van der Waals surface area contributed by atoms with Gasteiger partial charge in [0.05, 0.1) is 11.6 Å². The first-order valence-electron chi connectivity index (χ1n) is 6.30. The highest BCUT2D eigenvalue weighted by molar-refractivity contribution is 9.10. The fourth-order valence-electron chi connectivity index (χ4n) is 2.24. The quantitative estimate of drug-likeness (QED) is 0.901. The molecule has 1 atom stereocenters. The van der Waals surface area contributed by atoms with Crippen molar-refractivity contribution < 1.29 is 4.79 Å². The maximum Gasteiger partial charge on any atom is 0.237 e. The van der Waals surface area contributed by atoms with E-state index < -0.39 is 0 Å². The number of halogens is 1. The third kappa shape index (κ3) is 3.12. The van der Waals surface area contributed by atoms with Crippen molar-refractivity contribution >= 4 is 21.8 Å².